The van der Waals surface area contributed by atoms with E-state index in [1.165, 1.54) is 23.5 Å². The van der Waals surface area contributed by atoms with Crippen molar-refractivity contribution >= 4 is 22.4 Å². The van der Waals surface area contributed by atoms with Gasteiger partial charge in [0.25, 0.3) is 0 Å². The topological polar surface area (TPSA) is 60.5 Å². The first-order chi connectivity index (χ1) is 13.5. The van der Waals surface area contributed by atoms with Crippen molar-refractivity contribution in [3.63, 3.8) is 0 Å². The van der Waals surface area contributed by atoms with Gasteiger partial charge in [0.15, 0.2) is 5.13 Å². The minimum absolute atomic E-state index is 0.113. The Bertz CT molecular complexity index is 924. The molecule has 146 valence electrons. The number of amides is 1. The molecule has 28 heavy (non-hydrogen) atoms. The van der Waals surface area contributed by atoms with E-state index < -0.39 is 0 Å². The number of thiazole rings is 1. The molecule has 0 fully saturated rings. The third kappa shape index (κ3) is 5.29. The fraction of sp³-hybridized carbons (Fsp3) is 0.238. The number of benzene rings is 2. The maximum Gasteiger partial charge on any atom is 0.226 e. The number of anilines is 1. The zero-order chi connectivity index (χ0) is 19.9. The number of hydrogen-bond acceptors (Lipinski definition) is 5. The van der Waals surface area contributed by atoms with E-state index in [0.29, 0.717) is 24.6 Å². The third-order valence-corrected chi connectivity index (χ3v) is 4.92. The van der Waals surface area contributed by atoms with Crippen molar-refractivity contribution in [2.24, 2.45) is 0 Å². The lowest BCUT2D eigenvalue weighted by Gasteiger charge is -2.07. The highest BCUT2D eigenvalue weighted by Gasteiger charge is 2.12. The van der Waals surface area contributed by atoms with Gasteiger partial charge in [-0.1, -0.05) is 0 Å². The molecule has 0 spiro atoms. The summed E-state index contributed by atoms with van der Waals surface area (Å²) in [4.78, 5) is 17.6. The van der Waals surface area contributed by atoms with Crippen LogP contribution in [0.4, 0.5) is 9.52 Å². The summed E-state index contributed by atoms with van der Waals surface area (Å²) in [6, 6.07) is 13.5. The number of rotatable bonds is 8. The van der Waals surface area contributed by atoms with Crippen molar-refractivity contribution in [1.29, 1.82) is 0 Å². The number of nitrogens with zero attached hydrogens (tertiary/aromatic N) is 1. The largest absolute Gasteiger partial charge is 0.497 e. The van der Waals surface area contributed by atoms with Crippen LogP contribution in [-0.4, -0.2) is 24.6 Å². The van der Waals surface area contributed by atoms with E-state index in [4.69, 9.17) is 9.47 Å². The van der Waals surface area contributed by atoms with Gasteiger partial charge in [-0.25, -0.2) is 9.37 Å². The number of halogens is 1. The van der Waals surface area contributed by atoms with Gasteiger partial charge in [0.2, 0.25) is 5.91 Å². The molecule has 2 aromatic carbocycles. The molecule has 5 nitrogen and oxygen atoms in total. The highest BCUT2D eigenvalue weighted by molar-refractivity contribution is 7.16. The number of nitrogens with one attached hydrogen (secondary N) is 1. The number of carbonyl (C=O) groups excluding carboxylic acids is 1. The maximum absolute atomic E-state index is 13.1. The lowest BCUT2D eigenvalue weighted by molar-refractivity contribution is -0.116. The minimum atomic E-state index is -0.290. The summed E-state index contributed by atoms with van der Waals surface area (Å²) in [6.45, 7) is 2.37. The molecule has 0 bridgehead atoms. The number of methoxy groups -OCH3 is 1. The predicted molar refractivity (Wildman–Crippen MR) is 109 cm³/mol. The third-order valence-electron chi connectivity index (χ3n) is 4.04. The van der Waals surface area contributed by atoms with Crippen molar-refractivity contribution in [2.45, 2.75) is 19.8 Å². The fourth-order valence-electron chi connectivity index (χ4n) is 2.60. The van der Waals surface area contributed by atoms with Gasteiger partial charge >= 0.3 is 0 Å². The standard InChI is InChI=1S/C21H21FN2O3S/c1-14-20(15-5-7-16(22)8-6-15)24-21(28-14)23-19(25)4-3-13-27-18-11-9-17(26-2)10-12-18/h5-12H,3-4,13H2,1-2H3,(H,23,24,25). The Labute approximate surface area is 167 Å². The molecular formula is C21H21FN2O3S. The zero-order valence-corrected chi connectivity index (χ0v) is 16.5. The van der Waals surface area contributed by atoms with Gasteiger partial charge in [0.1, 0.15) is 17.3 Å². The number of aromatic nitrogens is 1. The van der Waals surface area contributed by atoms with Crippen LogP contribution >= 0.6 is 11.3 Å². The van der Waals surface area contributed by atoms with Crippen LogP contribution in [0.25, 0.3) is 11.3 Å². The van der Waals surface area contributed by atoms with Crippen LogP contribution in [0.3, 0.4) is 0 Å². The lowest BCUT2D eigenvalue weighted by Crippen LogP contribution is -2.12. The van der Waals surface area contributed by atoms with Gasteiger partial charge < -0.3 is 14.8 Å². The molecule has 1 N–H and O–H groups in total. The Morgan fingerprint density at radius 3 is 2.46 bits per heavy atom. The Morgan fingerprint density at radius 1 is 1.11 bits per heavy atom. The van der Waals surface area contributed by atoms with Gasteiger partial charge in [-0.15, -0.1) is 11.3 Å². The van der Waals surface area contributed by atoms with E-state index >= 15 is 0 Å². The zero-order valence-electron chi connectivity index (χ0n) is 15.7. The van der Waals surface area contributed by atoms with Crippen LogP contribution < -0.4 is 14.8 Å². The molecule has 0 unspecified atom stereocenters. The van der Waals surface area contributed by atoms with E-state index in [0.717, 1.165) is 27.6 Å². The Balaban J connectivity index is 1.47. The van der Waals surface area contributed by atoms with Gasteiger partial charge in [-0.2, -0.15) is 0 Å². The Kier molecular flexibility index (Phi) is 6.60. The molecule has 7 heteroatoms. The molecule has 0 saturated heterocycles. The smallest absolute Gasteiger partial charge is 0.226 e. The molecule has 0 aliphatic rings. The molecule has 1 aromatic heterocycles. The second-order valence-corrected chi connectivity index (χ2v) is 7.31. The van der Waals surface area contributed by atoms with Crippen LogP contribution in [0, 0.1) is 12.7 Å². The van der Waals surface area contributed by atoms with Crippen molar-refractivity contribution in [1.82, 2.24) is 4.98 Å². The van der Waals surface area contributed by atoms with Crippen LogP contribution in [0.2, 0.25) is 0 Å². The number of carbonyl (C=O) groups is 1. The minimum Gasteiger partial charge on any atom is -0.497 e. The van der Waals surface area contributed by atoms with Crippen molar-refractivity contribution in [3.05, 3.63) is 59.2 Å². The molecule has 1 heterocycles. The number of hydrogen-bond donors (Lipinski definition) is 1. The lowest BCUT2D eigenvalue weighted by atomic mass is 10.1. The van der Waals surface area contributed by atoms with Crippen LogP contribution in [-0.2, 0) is 4.79 Å². The average Bonchev–Trinajstić information content (AvgIpc) is 3.06. The summed E-state index contributed by atoms with van der Waals surface area (Å²) in [7, 11) is 1.61. The van der Waals surface area contributed by atoms with Crippen molar-refractivity contribution in [2.75, 3.05) is 19.0 Å². The predicted octanol–water partition coefficient (Wildman–Crippen LogP) is 5.06. The molecule has 0 radical (unpaired) electrons. The van der Waals surface area contributed by atoms with Gasteiger partial charge in [-0.05, 0) is 61.9 Å². The second kappa shape index (κ2) is 9.32. The number of aryl methyl sites for hydroxylation is 1. The quantitative estimate of drug-likeness (QED) is 0.537. The molecule has 0 saturated carbocycles. The molecule has 3 aromatic rings. The molecule has 3 rings (SSSR count). The summed E-state index contributed by atoms with van der Waals surface area (Å²) < 4.78 is 23.8. The average molecular weight is 400 g/mol. The summed E-state index contributed by atoms with van der Waals surface area (Å²) in [5, 5.41) is 3.36. The normalized spacial score (nSPS) is 10.5. The van der Waals surface area contributed by atoms with E-state index in [9.17, 15) is 9.18 Å². The van der Waals surface area contributed by atoms with Crippen molar-refractivity contribution in [3.8, 4) is 22.8 Å². The fourth-order valence-corrected chi connectivity index (χ4v) is 3.45. The van der Waals surface area contributed by atoms with Gasteiger partial charge in [-0.3, -0.25) is 4.79 Å². The first-order valence-electron chi connectivity index (χ1n) is 8.85. The highest BCUT2D eigenvalue weighted by atomic mass is 32.1. The van der Waals surface area contributed by atoms with Crippen molar-refractivity contribution < 1.29 is 18.7 Å². The SMILES string of the molecule is COc1ccc(OCCCC(=O)Nc2nc(-c3ccc(F)cc3)c(C)s2)cc1. The van der Waals surface area contributed by atoms with Crippen LogP contribution in [0.5, 0.6) is 11.5 Å². The van der Waals surface area contributed by atoms with E-state index in [-0.39, 0.29) is 11.7 Å². The summed E-state index contributed by atoms with van der Waals surface area (Å²) in [6.07, 6.45) is 0.924. The number of ether oxygens (including phenoxy) is 2. The molecule has 0 atom stereocenters. The van der Waals surface area contributed by atoms with Gasteiger partial charge in [0.05, 0.1) is 19.4 Å². The molecule has 0 aliphatic carbocycles. The maximum atomic E-state index is 13.1. The molecule has 0 aliphatic heterocycles. The van der Waals surface area contributed by atoms with Crippen LogP contribution in [0.1, 0.15) is 17.7 Å². The monoisotopic (exact) mass is 400 g/mol. The first kappa shape index (κ1) is 19.8. The van der Waals surface area contributed by atoms with E-state index in [1.54, 1.807) is 19.2 Å². The van der Waals surface area contributed by atoms with E-state index in [2.05, 4.69) is 10.3 Å². The Hall–Kier alpha value is -2.93. The highest BCUT2D eigenvalue weighted by Crippen LogP contribution is 2.30. The molecular weight excluding hydrogens is 379 g/mol. The second-order valence-electron chi connectivity index (χ2n) is 6.11. The summed E-state index contributed by atoms with van der Waals surface area (Å²) in [5.74, 6) is 1.10. The first-order valence-corrected chi connectivity index (χ1v) is 9.67. The van der Waals surface area contributed by atoms with E-state index in [1.807, 2.05) is 31.2 Å². The summed E-state index contributed by atoms with van der Waals surface area (Å²) >= 11 is 1.40. The van der Waals surface area contributed by atoms with Gasteiger partial charge in [0, 0.05) is 16.9 Å². The molecule has 1 amide bonds. The van der Waals surface area contributed by atoms with Crippen LogP contribution in [0.15, 0.2) is 48.5 Å². The Morgan fingerprint density at radius 2 is 1.79 bits per heavy atom. The summed E-state index contributed by atoms with van der Waals surface area (Å²) in [5.41, 5.74) is 1.58.